The van der Waals surface area contributed by atoms with Gasteiger partial charge in [0.25, 0.3) is 5.91 Å². The van der Waals surface area contributed by atoms with Gasteiger partial charge in [-0.1, -0.05) is 30.3 Å². The van der Waals surface area contributed by atoms with Crippen LogP contribution in [0.4, 0.5) is 11.6 Å². The number of rotatable bonds is 8. The molecule has 0 radical (unpaired) electrons. The van der Waals surface area contributed by atoms with Crippen LogP contribution in [0.25, 0.3) is 0 Å². The van der Waals surface area contributed by atoms with E-state index in [9.17, 15) is 4.79 Å². The lowest BCUT2D eigenvalue weighted by Crippen LogP contribution is -2.29. The summed E-state index contributed by atoms with van der Waals surface area (Å²) in [6.07, 6.45) is 2.40. The first kappa shape index (κ1) is 20.7. The fraction of sp³-hybridized carbons (Fsp3) is 0.292. The van der Waals surface area contributed by atoms with E-state index in [1.165, 1.54) is 12.8 Å². The molecule has 7 nitrogen and oxygen atoms in total. The lowest BCUT2D eigenvalue weighted by molar-refractivity contribution is 0.0953. The van der Waals surface area contributed by atoms with Crippen LogP contribution in [-0.2, 0) is 0 Å². The Kier molecular flexibility index (Phi) is 6.62. The van der Waals surface area contributed by atoms with E-state index in [4.69, 9.17) is 4.74 Å². The third-order valence-electron chi connectivity index (χ3n) is 5.07. The smallest absolute Gasteiger partial charge is 0.255 e. The maximum Gasteiger partial charge on any atom is 0.255 e. The maximum absolute atomic E-state index is 12.7. The van der Waals surface area contributed by atoms with Crippen LogP contribution >= 0.6 is 0 Å². The number of nitrogens with zero attached hydrogens (tertiary/aromatic N) is 3. The molecule has 0 bridgehead atoms. The summed E-state index contributed by atoms with van der Waals surface area (Å²) in [5.41, 5.74) is 0.501. The third kappa shape index (κ3) is 5.51. The first-order chi connectivity index (χ1) is 15.2. The van der Waals surface area contributed by atoms with Crippen molar-refractivity contribution < 1.29 is 9.53 Å². The first-order valence-electron chi connectivity index (χ1n) is 10.6. The van der Waals surface area contributed by atoms with Gasteiger partial charge in [-0.2, -0.15) is 0 Å². The van der Waals surface area contributed by atoms with E-state index in [0.29, 0.717) is 30.2 Å². The molecule has 7 heteroatoms. The number of benzene rings is 2. The van der Waals surface area contributed by atoms with Crippen molar-refractivity contribution in [2.75, 3.05) is 36.4 Å². The van der Waals surface area contributed by atoms with Crippen molar-refractivity contribution >= 4 is 17.5 Å². The standard InChI is InChI=1S/C24H27N5O2/c1-18-27-22(17-23(28-18)29-15-7-8-16-29)25-13-14-26-24(30)20-11-5-6-12-21(20)31-19-9-3-2-4-10-19/h2-6,9-12,17H,7-8,13-16H2,1H3,(H,26,30)(H,25,27,28). The molecule has 1 amide bonds. The summed E-state index contributed by atoms with van der Waals surface area (Å²) in [5, 5.41) is 6.23. The van der Waals surface area contributed by atoms with Crippen LogP contribution < -0.4 is 20.3 Å². The zero-order valence-electron chi connectivity index (χ0n) is 17.7. The molecule has 0 unspecified atom stereocenters. The lowest BCUT2D eigenvalue weighted by atomic mass is 10.2. The van der Waals surface area contributed by atoms with Crippen LogP contribution in [0.5, 0.6) is 11.5 Å². The van der Waals surface area contributed by atoms with Crippen LogP contribution in [0, 0.1) is 6.92 Å². The topological polar surface area (TPSA) is 79.4 Å². The molecule has 2 heterocycles. The molecule has 3 aromatic rings. The number of carbonyl (C=O) groups excluding carboxylic acids is 1. The van der Waals surface area contributed by atoms with E-state index < -0.39 is 0 Å². The highest BCUT2D eigenvalue weighted by atomic mass is 16.5. The number of hydrogen-bond donors (Lipinski definition) is 2. The van der Waals surface area contributed by atoms with Gasteiger partial charge < -0.3 is 20.3 Å². The van der Waals surface area contributed by atoms with E-state index in [0.717, 1.165) is 30.5 Å². The van der Waals surface area contributed by atoms with Crippen LogP contribution in [-0.4, -0.2) is 42.1 Å². The van der Waals surface area contributed by atoms with E-state index in [-0.39, 0.29) is 5.91 Å². The summed E-state index contributed by atoms with van der Waals surface area (Å²) in [5.74, 6) is 3.52. The second kappa shape index (κ2) is 9.93. The number of nitrogens with one attached hydrogen (secondary N) is 2. The Morgan fingerprint density at radius 1 is 1.00 bits per heavy atom. The Bertz CT molecular complexity index is 1020. The quantitative estimate of drug-likeness (QED) is 0.539. The fourth-order valence-corrected chi connectivity index (χ4v) is 3.57. The van der Waals surface area contributed by atoms with Crippen molar-refractivity contribution in [1.82, 2.24) is 15.3 Å². The molecule has 0 spiro atoms. The summed E-state index contributed by atoms with van der Waals surface area (Å²) in [6.45, 7) is 4.99. The van der Waals surface area contributed by atoms with Crippen molar-refractivity contribution in [3.05, 3.63) is 72.1 Å². The highest BCUT2D eigenvalue weighted by molar-refractivity contribution is 5.97. The number of aryl methyl sites for hydroxylation is 1. The predicted molar refractivity (Wildman–Crippen MR) is 122 cm³/mol. The SMILES string of the molecule is Cc1nc(NCCNC(=O)c2ccccc2Oc2ccccc2)cc(N2CCCC2)n1. The molecule has 1 aromatic heterocycles. The minimum absolute atomic E-state index is 0.176. The Hall–Kier alpha value is -3.61. The molecule has 2 N–H and O–H groups in total. The average Bonchev–Trinajstić information content (AvgIpc) is 3.32. The van der Waals surface area contributed by atoms with Crippen molar-refractivity contribution in [3.8, 4) is 11.5 Å². The molecular weight excluding hydrogens is 390 g/mol. The normalized spacial score (nSPS) is 13.1. The van der Waals surface area contributed by atoms with Gasteiger partial charge in [0.15, 0.2) is 0 Å². The van der Waals surface area contributed by atoms with Crippen LogP contribution in [0.2, 0.25) is 0 Å². The number of aromatic nitrogens is 2. The van der Waals surface area contributed by atoms with Crippen LogP contribution in [0.15, 0.2) is 60.7 Å². The molecule has 2 aromatic carbocycles. The number of ether oxygens (including phenoxy) is 1. The Morgan fingerprint density at radius 2 is 1.74 bits per heavy atom. The van der Waals surface area contributed by atoms with Gasteiger partial charge in [0, 0.05) is 32.2 Å². The summed E-state index contributed by atoms with van der Waals surface area (Å²) >= 11 is 0. The molecule has 1 fully saturated rings. The molecule has 1 aliphatic rings. The van der Waals surface area contributed by atoms with Gasteiger partial charge >= 0.3 is 0 Å². The van der Waals surface area contributed by atoms with Crippen LogP contribution in [0.1, 0.15) is 29.0 Å². The molecule has 1 saturated heterocycles. The second-order valence-electron chi connectivity index (χ2n) is 7.45. The van der Waals surface area contributed by atoms with Gasteiger partial charge in [0.2, 0.25) is 0 Å². The molecule has 0 atom stereocenters. The second-order valence-corrected chi connectivity index (χ2v) is 7.45. The highest BCUT2D eigenvalue weighted by Gasteiger charge is 2.15. The number of carbonyl (C=O) groups is 1. The van der Waals surface area contributed by atoms with E-state index in [1.54, 1.807) is 12.1 Å². The summed E-state index contributed by atoms with van der Waals surface area (Å²) in [4.78, 5) is 24.0. The molecular formula is C24H27N5O2. The van der Waals surface area contributed by atoms with E-state index >= 15 is 0 Å². The molecule has 0 saturated carbocycles. The Balaban J connectivity index is 1.32. The van der Waals surface area contributed by atoms with Gasteiger partial charge in [-0.15, -0.1) is 0 Å². The zero-order valence-corrected chi connectivity index (χ0v) is 17.7. The monoisotopic (exact) mass is 417 g/mol. The van der Waals surface area contributed by atoms with Crippen molar-refractivity contribution in [2.45, 2.75) is 19.8 Å². The molecule has 160 valence electrons. The minimum Gasteiger partial charge on any atom is -0.457 e. The summed E-state index contributed by atoms with van der Waals surface area (Å²) < 4.78 is 5.88. The molecule has 0 aliphatic carbocycles. The highest BCUT2D eigenvalue weighted by Crippen LogP contribution is 2.25. The largest absolute Gasteiger partial charge is 0.457 e. The molecule has 31 heavy (non-hydrogen) atoms. The van der Waals surface area contributed by atoms with Crippen LogP contribution in [0.3, 0.4) is 0 Å². The molecule has 4 rings (SSSR count). The minimum atomic E-state index is -0.176. The predicted octanol–water partition coefficient (Wildman–Crippen LogP) is 4.02. The number of amides is 1. The van der Waals surface area contributed by atoms with Crippen molar-refractivity contribution in [3.63, 3.8) is 0 Å². The van der Waals surface area contributed by atoms with E-state index in [2.05, 4.69) is 25.5 Å². The van der Waals surface area contributed by atoms with Gasteiger partial charge in [-0.05, 0) is 44.0 Å². The average molecular weight is 418 g/mol. The van der Waals surface area contributed by atoms with Crippen molar-refractivity contribution in [2.24, 2.45) is 0 Å². The Morgan fingerprint density at radius 3 is 2.55 bits per heavy atom. The maximum atomic E-state index is 12.7. The Labute approximate surface area is 182 Å². The van der Waals surface area contributed by atoms with Gasteiger partial charge in [-0.25, -0.2) is 9.97 Å². The number of hydrogen-bond acceptors (Lipinski definition) is 6. The summed E-state index contributed by atoms with van der Waals surface area (Å²) in [6, 6.07) is 18.6. The lowest BCUT2D eigenvalue weighted by Gasteiger charge is -2.18. The van der Waals surface area contributed by atoms with Gasteiger partial charge in [0.1, 0.15) is 29.0 Å². The third-order valence-corrected chi connectivity index (χ3v) is 5.07. The first-order valence-corrected chi connectivity index (χ1v) is 10.6. The number of anilines is 2. The van der Waals surface area contributed by atoms with Crippen molar-refractivity contribution in [1.29, 1.82) is 0 Å². The van der Waals surface area contributed by atoms with E-state index in [1.807, 2.05) is 55.5 Å². The van der Waals surface area contributed by atoms with Gasteiger partial charge in [-0.3, -0.25) is 4.79 Å². The fourth-order valence-electron chi connectivity index (χ4n) is 3.57. The zero-order chi connectivity index (χ0) is 21.5. The summed E-state index contributed by atoms with van der Waals surface area (Å²) in [7, 11) is 0. The van der Waals surface area contributed by atoms with Gasteiger partial charge in [0.05, 0.1) is 5.56 Å². The number of para-hydroxylation sites is 2. The molecule has 1 aliphatic heterocycles.